The number of rotatable bonds is 4. The van der Waals surface area contributed by atoms with Crippen molar-refractivity contribution >= 4 is 40.7 Å². The molecule has 3 rings (SSSR count). The standard InChI is InChI=1S/C20H22N4.HI/c1-15-7-3-4-9-17(15)13-23-20(21-2)24-14-19-18-10-6-5-8-16(18)11-12-22-19;/h3-12H,13-14H2,1-2H3,(H2,21,23,24);1H. The number of halogens is 1. The Morgan fingerprint density at radius 3 is 2.48 bits per heavy atom. The van der Waals surface area contributed by atoms with E-state index in [1.807, 2.05) is 24.4 Å². The summed E-state index contributed by atoms with van der Waals surface area (Å²) < 4.78 is 0. The Hall–Kier alpha value is -2.15. The molecule has 2 aromatic carbocycles. The van der Waals surface area contributed by atoms with Crippen LogP contribution in [-0.2, 0) is 13.1 Å². The predicted octanol–water partition coefficient (Wildman–Crippen LogP) is 4.03. The molecular weight excluding hydrogens is 423 g/mol. The van der Waals surface area contributed by atoms with Gasteiger partial charge < -0.3 is 10.6 Å². The molecule has 4 nitrogen and oxygen atoms in total. The van der Waals surface area contributed by atoms with Gasteiger partial charge in [-0.05, 0) is 29.5 Å². The summed E-state index contributed by atoms with van der Waals surface area (Å²) in [4.78, 5) is 8.79. The van der Waals surface area contributed by atoms with Crippen LogP contribution in [0.4, 0.5) is 0 Å². The maximum atomic E-state index is 4.50. The third kappa shape index (κ3) is 4.92. The minimum absolute atomic E-state index is 0. The Labute approximate surface area is 165 Å². The van der Waals surface area contributed by atoms with E-state index < -0.39 is 0 Å². The molecule has 0 atom stereocenters. The normalized spacial score (nSPS) is 11.0. The summed E-state index contributed by atoms with van der Waals surface area (Å²) in [6, 6.07) is 18.7. The molecule has 0 saturated carbocycles. The number of hydrogen-bond acceptors (Lipinski definition) is 2. The van der Waals surface area contributed by atoms with Crippen LogP contribution in [0.2, 0.25) is 0 Å². The lowest BCUT2D eigenvalue weighted by Crippen LogP contribution is -2.36. The fourth-order valence-corrected chi connectivity index (χ4v) is 2.70. The van der Waals surface area contributed by atoms with Gasteiger partial charge in [0.2, 0.25) is 0 Å². The molecular formula is C20H23IN4. The molecule has 5 heteroatoms. The average Bonchev–Trinajstić information content (AvgIpc) is 2.63. The number of benzene rings is 2. The molecule has 0 spiro atoms. The van der Waals surface area contributed by atoms with E-state index in [1.54, 1.807) is 7.05 Å². The molecule has 0 saturated heterocycles. The quantitative estimate of drug-likeness (QED) is 0.362. The van der Waals surface area contributed by atoms with E-state index in [4.69, 9.17) is 0 Å². The van der Waals surface area contributed by atoms with Crippen LogP contribution < -0.4 is 10.6 Å². The van der Waals surface area contributed by atoms with E-state index in [1.165, 1.54) is 21.9 Å². The number of guanidine groups is 1. The SMILES string of the molecule is CN=C(NCc1ccccc1C)NCc1nccc2ccccc12.I. The summed E-state index contributed by atoms with van der Waals surface area (Å²) in [5.74, 6) is 0.771. The third-order valence-electron chi connectivity index (χ3n) is 4.11. The number of fused-ring (bicyclic) bond motifs is 1. The molecule has 0 aliphatic rings. The van der Waals surface area contributed by atoms with E-state index >= 15 is 0 Å². The molecule has 0 aliphatic heterocycles. The topological polar surface area (TPSA) is 49.3 Å². The average molecular weight is 446 g/mol. The van der Waals surface area contributed by atoms with Crippen molar-refractivity contribution in [1.82, 2.24) is 15.6 Å². The number of hydrogen-bond donors (Lipinski definition) is 2. The number of pyridine rings is 1. The molecule has 0 fully saturated rings. The van der Waals surface area contributed by atoms with Crippen molar-refractivity contribution in [3.05, 3.63) is 77.6 Å². The second-order valence-corrected chi connectivity index (χ2v) is 5.68. The van der Waals surface area contributed by atoms with Crippen molar-refractivity contribution < 1.29 is 0 Å². The van der Waals surface area contributed by atoms with Gasteiger partial charge in [-0.3, -0.25) is 9.98 Å². The Morgan fingerprint density at radius 2 is 1.68 bits per heavy atom. The lowest BCUT2D eigenvalue weighted by Gasteiger charge is -2.13. The van der Waals surface area contributed by atoms with Crippen LogP contribution >= 0.6 is 24.0 Å². The highest BCUT2D eigenvalue weighted by Gasteiger charge is 2.04. The molecule has 0 amide bonds. The zero-order chi connectivity index (χ0) is 16.8. The van der Waals surface area contributed by atoms with Gasteiger partial charge in [0.15, 0.2) is 5.96 Å². The molecule has 1 heterocycles. The van der Waals surface area contributed by atoms with Crippen LogP contribution in [-0.4, -0.2) is 18.0 Å². The van der Waals surface area contributed by atoms with E-state index in [9.17, 15) is 0 Å². The second-order valence-electron chi connectivity index (χ2n) is 5.68. The summed E-state index contributed by atoms with van der Waals surface area (Å²) in [5.41, 5.74) is 3.56. The van der Waals surface area contributed by atoms with Gasteiger partial charge in [0.1, 0.15) is 0 Å². The first-order valence-corrected chi connectivity index (χ1v) is 8.09. The predicted molar refractivity (Wildman–Crippen MR) is 115 cm³/mol. The van der Waals surface area contributed by atoms with Crippen LogP contribution in [0.25, 0.3) is 10.8 Å². The molecule has 2 N–H and O–H groups in total. The fourth-order valence-electron chi connectivity index (χ4n) is 2.70. The Kier molecular flexibility index (Phi) is 7.18. The molecule has 130 valence electrons. The largest absolute Gasteiger partial charge is 0.352 e. The molecule has 25 heavy (non-hydrogen) atoms. The van der Waals surface area contributed by atoms with Gasteiger partial charge in [-0.1, -0.05) is 48.5 Å². The van der Waals surface area contributed by atoms with Crippen molar-refractivity contribution in [2.45, 2.75) is 20.0 Å². The zero-order valence-electron chi connectivity index (χ0n) is 14.5. The highest BCUT2D eigenvalue weighted by atomic mass is 127. The van der Waals surface area contributed by atoms with E-state index in [-0.39, 0.29) is 24.0 Å². The van der Waals surface area contributed by atoms with Gasteiger partial charge in [0.05, 0.1) is 12.2 Å². The lowest BCUT2D eigenvalue weighted by molar-refractivity contribution is 0.796. The third-order valence-corrected chi connectivity index (χ3v) is 4.11. The van der Waals surface area contributed by atoms with Crippen LogP contribution in [0.15, 0.2) is 65.8 Å². The summed E-state index contributed by atoms with van der Waals surface area (Å²) in [7, 11) is 1.78. The number of aryl methyl sites for hydroxylation is 1. The number of nitrogens with one attached hydrogen (secondary N) is 2. The molecule has 0 radical (unpaired) electrons. The van der Waals surface area contributed by atoms with Gasteiger partial charge in [-0.2, -0.15) is 0 Å². The Morgan fingerprint density at radius 1 is 0.960 bits per heavy atom. The van der Waals surface area contributed by atoms with Crippen LogP contribution in [0.5, 0.6) is 0 Å². The molecule has 0 bridgehead atoms. The maximum Gasteiger partial charge on any atom is 0.191 e. The van der Waals surface area contributed by atoms with E-state index in [0.29, 0.717) is 6.54 Å². The number of aromatic nitrogens is 1. The van der Waals surface area contributed by atoms with Crippen molar-refractivity contribution in [2.24, 2.45) is 4.99 Å². The maximum absolute atomic E-state index is 4.50. The van der Waals surface area contributed by atoms with Gasteiger partial charge in [0.25, 0.3) is 0 Å². The van der Waals surface area contributed by atoms with Crippen molar-refractivity contribution in [1.29, 1.82) is 0 Å². The van der Waals surface area contributed by atoms with Gasteiger partial charge in [-0.25, -0.2) is 0 Å². The lowest BCUT2D eigenvalue weighted by atomic mass is 10.1. The van der Waals surface area contributed by atoms with Crippen molar-refractivity contribution in [2.75, 3.05) is 7.05 Å². The monoisotopic (exact) mass is 446 g/mol. The molecule has 1 aromatic heterocycles. The van der Waals surface area contributed by atoms with E-state index in [0.717, 1.165) is 18.2 Å². The highest BCUT2D eigenvalue weighted by molar-refractivity contribution is 14.0. The first-order chi connectivity index (χ1) is 11.8. The van der Waals surface area contributed by atoms with Crippen LogP contribution in [0.3, 0.4) is 0 Å². The summed E-state index contributed by atoms with van der Waals surface area (Å²) >= 11 is 0. The second kappa shape index (κ2) is 9.36. The Balaban J connectivity index is 0.00000225. The van der Waals surface area contributed by atoms with Gasteiger partial charge in [-0.15, -0.1) is 24.0 Å². The highest BCUT2D eigenvalue weighted by Crippen LogP contribution is 2.15. The molecule has 0 aliphatic carbocycles. The van der Waals surface area contributed by atoms with Gasteiger partial charge >= 0.3 is 0 Å². The van der Waals surface area contributed by atoms with Crippen molar-refractivity contribution in [3.8, 4) is 0 Å². The minimum atomic E-state index is 0. The summed E-state index contributed by atoms with van der Waals surface area (Å²) in [6.07, 6.45) is 1.85. The van der Waals surface area contributed by atoms with Crippen LogP contribution in [0.1, 0.15) is 16.8 Å². The number of nitrogens with zero attached hydrogens (tertiary/aromatic N) is 2. The zero-order valence-corrected chi connectivity index (χ0v) is 16.8. The molecule has 3 aromatic rings. The van der Waals surface area contributed by atoms with Gasteiger partial charge in [0, 0.05) is 25.2 Å². The minimum Gasteiger partial charge on any atom is -0.352 e. The fraction of sp³-hybridized carbons (Fsp3) is 0.200. The van der Waals surface area contributed by atoms with Crippen LogP contribution in [0, 0.1) is 6.92 Å². The molecule has 0 unspecified atom stereocenters. The first-order valence-electron chi connectivity index (χ1n) is 8.09. The van der Waals surface area contributed by atoms with Crippen molar-refractivity contribution in [3.63, 3.8) is 0 Å². The first kappa shape index (κ1) is 19.2. The smallest absolute Gasteiger partial charge is 0.191 e. The Bertz CT molecular complexity index is 856. The van der Waals surface area contributed by atoms with E-state index in [2.05, 4.69) is 63.9 Å². The summed E-state index contributed by atoms with van der Waals surface area (Å²) in [6.45, 7) is 3.50. The number of aliphatic imine (C=N–C) groups is 1. The summed E-state index contributed by atoms with van der Waals surface area (Å²) in [5, 5.41) is 9.07.